The van der Waals surface area contributed by atoms with Gasteiger partial charge in [-0.2, -0.15) is 0 Å². The number of hydrogen-bond acceptors (Lipinski definition) is 2. The maximum Gasteiger partial charge on any atom is 0.110 e. The van der Waals surface area contributed by atoms with E-state index in [1.54, 1.807) is 0 Å². The molecule has 2 aromatic rings. The Morgan fingerprint density at radius 3 is 2.78 bits per heavy atom. The van der Waals surface area contributed by atoms with Crippen molar-refractivity contribution in [1.29, 1.82) is 0 Å². The van der Waals surface area contributed by atoms with Crippen LogP contribution in [0, 0.1) is 6.92 Å². The van der Waals surface area contributed by atoms with Crippen LogP contribution in [-0.4, -0.2) is 15.6 Å². The quantitative estimate of drug-likeness (QED) is 0.816. The fourth-order valence-electron chi connectivity index (χ4n) is 1.89. The Hall–Kier alpha value is -1.87. The number of para-hydroxylation sites is 1. The Balaban J connectivity index is 2.25. The molecule has 0 aliphatic carbocycles. The molecular formula is C15H19N3. The Morgan fingerprint density at radius 2 is 2.11 bits per heavy atom. The average molecular weight is 241 g/mol. The molecule has 0 amide bonds. The molecule has 0 spiro atoms. The zero-order valence-electron chi connectivity index (χ0n) is 10.9. The highest BCUT2D eigenvalue weighted by Crippen LogP contribution is 2.14. The Kier molecular flexibility index (Phi) is 3.95. The van der Waals surface area contributed by atoms with Gasteiger partial charge in [-0.05, 0) is 26.0 Å². The molecule has 1 N–H and O–H groups in total. The first-order chi connectivity index (χ1) is 8.72. The van der Waals surface area contributed by atoms with E-state index < -0.39 is 0 Å². The summed E-state index contributed by atoms with van der Waals surface area (Å²) in [6, 6.07) is 10.6. The van der Waals surface area contributed by atoms with E-state index >= 15 is 0 Å². The zero-order valence-corrected chi connectivity index (χ0v) is 10.9. The molecule has 1 aromatic heterocycles. The van der Waals surface area contributed by atoms with Crippen LogP contribution in [0.5, 0.6) is 0 Å². The van der Waals surface area contributed by atoms with E-state index in [2.05, 4.69) is 40.5 Å². The van der Waals surface area contributed by atoms with Gasteiger partial charge in [0.15, 0.2) is 0 Å². The molecule has 0 aliphatic heterocycles. The second kappa shape index (κ2) is 5.65. The number of nitrogens with one attached hydrogen (secondary N) is 1. The first-order valence-corrected chi connectivity index (χ1v) is 6.17. The van der Waals surface area contributed by atoms with Crippen LogP contribution in [0.15, 0.2) is 49.2 Å². The third-order valence-electron chi connectivity index (χ3n) is 2.98. The van der Waals surface area contributed by atoms with Gasteiger partial charge < -0.3 is 5.32 Å². The molecule has 0 radical (unpaired) electrons. The Bertz CT molecular complexity index is 514. The van der Waals surface area contributed by atoms with Gasteiger partial charge in [-0.1, -0.05) is 24.3 Å². The maximum absolute atomic E-state index is 4.39. The summed E-state index contributed by atoms with van der Waals surface area (Å²) in [7, 11) is 0. The monoisotopic (exact) mass is 241 g/mol. The number of aryl methyl sites for hydroxylation is 1. The lowest BCUT2D eigenvalue weighted by Gasteiger charge is -2.13. The summed E-state index contributed by atoms with van der Waals surface area (Å²) in [5, 5.41) is 3.39. The predicted octanol–water partition coefficient (Wildman–Crippen LogP) is 2.84. The second-order valence-corrected chi connectivity index (χ2v) is 4.37. The molecule has 3 nitrogen and oxygen atoms in total. The van der Waals surface area contributed by atoms with Crippen LogP contribution >= 0.6 is 0 Å². The molecule has 0 bridgehead atoms. The van der Waals surface area contributed by atoms with Crippen LogP contribution in [0.2, 0.25) is 0 Å². The lowest BCUT2D eigenvalue weighted by atomic mass is 10.3. The molecule has 0 aliphatic rings. The molecule has 0 saturated heterocycles. The molecule has 0 fully saturated rings. The smallest absolute Gasteiger partial charge is 0.110 e. The first-order valence-electron chi connectivity index (χ1n) is 6.17. The molecule has 1 unspecified atom stereocenters. The van der Waals surface area contributed by atoms with Crippen LogP contribution in [0.25, 0.3) is 5.69 Å². The minimum atomic E-state index is 0.296. The van der Waals surface area contributed by atoms with Crippen molar-refractivity contribution in [3.63, 3.8) is 0 Å². The van der Waals surface area contributed by atoms with Gasteiger partial charge in [0.25, 0.3) is 0 Å². The summed E-state index contributed by atoms with van der Waals surface area (Å²) in [6.45, 7) is 8.66. The fraction of sp³-hybridized carbons (Fsp3) is 0.267. The van der Waals surface area contributed by atoms with Crippen molar-refractivity contribution in [2.75, 3.05) is 0 Å². The summed E-state index contributed by atoms with van der Waals surface area (Å²) < 4.78 is 2.17. The van der Waals surface area contributed by atoms with Crippen LogP contribution in [0.3, 0.4) is 0 Å². The number of aromatic nitrogens is 2. The average Bonchev–Trinajstić information content (AvgIpc) is 2.78. The lowest BCUT2D eigenvalue weighted by molar-refractivity contribution is 0.616. The fourth-order valence-corrected chi connectivity index (χ4v) is 1.89. The minimum Gasteiger partial charge on any atom is -0.305 e. The summed E-state index contributed by atoms with van der Waals surface area (Å²) in [4.78, 5) is 4.39. The van der Waals surface area contributed by atoms with Gasteiger partial charge in [0.1, 0.15) is 5.82 Å². The van der Waals surface area contributed by atoms with Gasteiger partial charge in [-0.3, -0.25) is 4.57 Å². The van der Waals surface area contributed by atoms with Gasteiger partial charge in [0.2, 0.25) is 0 Å². The summed E-state index contributed by atoms with van der Waals surface area (Å²) in [5.74, 6) is 1.00. The van der Waals surface area contributed by atoms with E-state index in [1.165, 1.54) is 0 Å². The van der Waals surface area contributed by atoms with Crippen LogP contribution in [-0.2, 0) is 6.54 Å². The van der Waals surface area contributed by atoms with Gasteiger partial charge >= 0.3 is 0 Å². The minimum absolute atomic E-state index is 0.296. The normalized spacial score (nSPS) is 12.3. The Labute approximate surface area is 108 Å². The molecule has 1 heterocycles. The van der Waals surface area contributed by atoms with Crippen LogP contribution in [0.1, 0.15) is 18.4 Å². The third-order valence-corrected chi connectivity index (χ3v) is 2.98. The van der Waals surface area contributed by atoms with Gasteiger partial charge in [0.05, 0.1) is 11.9 Å². The molecule has 2 rings (SSSR count). The SMILES string of the molecule is C=CC(C)NCc1cnc(C)n1-c1ccccc1. The van der Waals surface area contributed by atoms with E-state index in [0.29, 0.717) is 6.04 Å². The second-order valence-electron chi connectivity index (χ2n) is 4.37. The largest absolute Gasteiger partial charge is 0.305 e. The van der Waals surface area contributed by atoms with Gasteiger partial charge in [-0.25, -0.2) is 4.98 Å². The molecule has 18 heavy (non-hydrogen) atoms. The predicted molar refractivity (Wildman–Crippen MR) is 74.8 cm³/mol. The number of hydrogen-bond donors (Lipinski definition) is 1. The van der Waals surface area contributed by atoms with Crippen LogP contribution in [0.4, 0.5) is 0 Å². The van der Waals surface area contributed by atoms with Crippen molar-refractivity contribution in [2.45, 2.75) is 26.4 Å². The zero-order chi connectivity index (χ0) is 13.0. The lowest BCUT2D eigenvalue weighted by Crippen LogP contribution is -2.24. The highest BCUT2D eigenvalue weighted by molar-refractivity contribution is 5.35. The highest BCUT2D eigenvalue weighted by atomic mass is 15.1. The maximum atomic E-state index is 4.39. The number of benzene rings is 1. The van der Waals surface area contributed by atoms with Crippen molar-refractivity contribution in [2.24, 2.45) is 0 Å². The van der Waals surface area contributed by atoms with Crippen LogP contribution < -0.4 is 5.32 Å². The number of imidazole rings is 1. The number of rotatable bonds is 5. The molecule has 94 valence electrons. The molecule has 3 heteroatoms. The van der Waals surface area contributed by atoms with Crippen molar-refractivity contribution in [1.82, 2.24) is 14.9 Å². The number of nitrogens with zero attached hydrogens (tertiary/aromatic N) is 2. The van der Waals surface area contributed by atoms with E-state index in [-0.39, 0.29) is 0 Å². The molecular weight excluding hydrogens is 222 g/mol. The molecule has 1 aromatic carbocycles. The highest BCUT2D eigenvalue weighted by Gasteiger charge is 2.08. The van der Waals surface area contributed by atoms with Crippen molar-refractivity contribution in [3.05, 3.63) is 60.7 Å². The molecule has 1 atom stereocenters. The topological polar surface area (TPSA) is 29.9 Å². The molecule has 0 saturated carbocycles. The van der Waals surface area contributed by atoms with Crippen molar-refractivity contribution in [3.8, 4) is 5.69 Å². The van der Waals surface area contributed by atoms with E-state index in [4.69, 9.17) is 0 Å². The Morgan fingerprint density at radius 1 is 1.39 bits per heavy atom. The standard InChI is InChI=1S/C15H19N3/c1-4-12(2)16-10-15-11-17-13(3)18(15)14-8-6-5-7-9-14/h4-9,11-12,16H,1,10H2,2-3H3. The van der Waals surface area contributed by atoms with Gasteiger partial charge in [-0.15, -0.1) is 6.58 Å². The van der Waals surface area contributed by atoms with Gasteiger partial charge in [0, 0.05) is 18.3 Å². The van der Waals surface area contributed by atoms with Crippen molar-refractivity contribution < 1.29 is 0 Å². The summed E-state index contributed by atoms with van der Waals surface area (Å²) in [6.07, 6.45) is 3.82. The summed E-state index contributed by atoms with van der Waals surface area (Å²) in [5.41, 5.74) is 2.31. The summed E-state index contributed by atoms with van der Waals surface area (Å²) >= 11 is 0. The van der Waals surface area contributed by atoms with E-state index in [1.807, 2.05) is 37.4 Å². The third kappa shape index (κ3) is 2.68. The van der Waals surface area contributed by atoms with Crippen molar-refractivity contribution >= 4 is 0 Å². The van der Waals surface area contributed by atoms with E-state index in [0.717, 1.165) is 23.8 Å². The van der Waals surface area contributed by atoms with E-state index in [9.17, 15) is 0 Å². The first kappa shape index (κ1) is 12.6.